The summed E-state index contributed by atoms with van der Waals surface area (Å²) in [6.07, 6.45) is 0.811. The molecule has 1 aromatic heterocycles. The van der Waals surface area contributed by atoms with Crippen molar-refractivity contribution in [3.63, 3.8) is 0 Å². The van der Waals surface area contributed by atoms with E-state index in [-0.39, 0.29) is 28.6 Å². The van der Waals surface area contributed by atoms with E-state index < -0.39 is 0 Å². The Hall–Kier alpha value is -1.42. The summed E-state index contributed by atoms with van der Waals surface area (Å²) < 4.78 is 6.27. The van der Waals surface area contributed by atoms with E-state index in [1.165, 1.54) is 35.2 Å². The molecule has 0 aromatic carbocycles. The second-order valence-electron chi connectivity index (χ2n) is 4.97. The van der Waals surface area contributed by atoms with Crippen molar-refractivity contribution in [3.05, 3.63) is 10.5 Å². The molecule has 1 aliphatic heterocycles. The van der Waals surface area contributed by atoms with Gasteiger partial charge >= 0.3 is 11.7 Å². The summed E-state index contributed by atoms with van der Waals surface area (Å²) in [7, 11) is 1.35. The third-order valence-corrected chi connectivity index (χ3v) is 5.50. The first-order valence-corrected chi connectivity index (χ1v) is 9.35. The first-order chi connectivity index (χ1) is 11.1. The number of rotatable bonds is 6. The van der Waals surface area contributed by atoms with Gasteiger partial charge in [-0.3, -0.25) is 14.2 Å². The number of methoxy groups -OCH3 is 1. The maximum atomic E-state index is 12.3. The molecule has 1 saturated heterocycles. The van der Waals surface area contributed by atoms with E-state index in [2.05, 4.69) is 10.2 Å². The van der Waals surface area contributed by atoms with Crippen LogP contribution in [0.25, 0.3) is 0 Å². The van der Waals surface area contributed by atoms with Crippen LogP contribution in [-0.2, 0) is 20.9 Å². The van der Waals surface area contributed by atoms with E-state index in [4.69, 9.17) is 4.74 Å². The van der Waals surface area contributed by atoms with Gasteiger partial charge in [-0.25, -0.2) is 9.89 Å². The Morgan fingerprint density at radius 2 is 2.30 bits per heavy atom. The molecule has 10 heteroatoms. The van der Waals surface area contributed by atoms with Gasteiger partial charge in [0.25, 0.3) is 0 Å². The predicted octanol–water partition coefficient (Wildman–Crippen LogP) is 0.190. The molecular weight excluding hydrogens is 340 g/mol. The minimum absolute atomic E-state index is 0.0669. The molecule has 1 amide bonds. The number of carbonyl (C=O) groups excluding carboxylic acids is 2. The van der Waals surface area contributed by atoms with Gasteiger partial charge in [0.1, 0.15) is 5.25 Å². The van der Waals surface area contributed by atoms with Crippen molar-refractivity contribution in [2.75, 3.05) is 31.7 Å². The highest BCUT2D eigenvalue weighted by Gasteiger charge is 2.29. The van der Waals surface area contributed by atoms with Gasteiger partial charge in [-0.2, -0.15) is 0 Å². The number of nitrogens with one attached hydrogen (secondary N) is 1. The molecule has 0 aliphatic carbocycles. The van der Waals surface area contributed by atoms with Crippen LogP contribution in [0.2, 0.25) is 0 Å². The fourth-order valence-electron chi connectivity index (χ4n) is 2.20. The quantitative estimate of drug-likeness (QED) is 0.571. The lowest BCUT2D eigenvalue weighted by Crippen LogP contribution is -2.45. The summed E-state index contributed by atoms with van der Waals surface area (Å²) in [5.41, 5.74) is -0.262. The second kappa shape index (κ2) is 8.44. The predicted molar refractivity (Wildman–Crippen MR) is 88.7 cm³/mol. The molecule has 128 valence electrons. The molecule has 0 saturated carbocycles. The molecule has 1 aliphatic rings. The summed E-state index contributed by atoms with van der Waals surface area (Å²) in [5.74, 6) is 0.526. The molecule has 0 spiro atoms. The highest BCUT2D eigenvalue weighted by molar-refractivity contribution is 8.00. The summed E-state index contributed by atoms with van der Waals surface area (Å²) in [5, 5.41) is 6.54. The molecule has 1 fully saturated rings. The molecule has 0 bridgehead atoms. The van der Waals surface area contributed by atoms with Gasteiger partial charge in [-0.15, -0.1) is 16.9 Å². The summed E-state index contributed by atoms with van der Waals surface area (Å²) in [6.45, 7) is 3.51. The maximum Gasteiger partial charge on any atom is 0.343 e. The van der Waals surface area contributed by atoms with E-state index >= 15 is 0 Å². The highest BCUT2D eigenvalue weighted by Crippen LogP contribution is 2.21. The van der Waals surface area contributed by atoms with E-state index in [0.29, 0.717) is 30.5 Å². The average Bonchev–Trinajstić information content (AvgIpc) is 2.92. The number of thioether (sulfide) groups is 2. The topological polar surface area (TPSA) is 97.3 Å². The Labute approximate surface area is 142 Å². The van der Waals surface area contributed by atoms with Crippen LogP contribution in [0.1, 0.15) is 13.3 Å². The smallest absolute Gasteiger partial charge is 0.343 e. The van der Waals surface area contributed by atoms with Crippen molar-refractivity contribution >= 4 is 35.4 Å². The van der Waals surface area contributed by atoms with E-state index in [1.54, 1.807) is 4.90 Å². The van der Waals surface area contributed by atoms with Crippen LogP contribution >= 0.6 is 23.5 Å². The van der Waals surface area contributed by atoms with Crippen molar-refractivity contribution in [2.45, 2.75) is 30.3 Å². The van der Waals surface area contributed by atoms with Crippen LogP contribution in [-0.4, -0.2) is 68.5 Å². The first kappa shape index (κ1) is 17.9. The number of esters is 1. The first-order valence-electron chi connectivity index (χ1n) is 7.32. The zero-order valence-electron chi connectivity index (χ0n) is 13.1. The van der Waals surface area contributed by atoms with Crippen molar-refractivity contribution < 1.29 is 14.3 Å². The number of H-pyrrole nitrogens is 1. The fraction of sp³-hybridized carbons (Fsp3) is 0.692. The second-order valence-corrected chi connectivity index (χ2v) is 7.23. The molecule has 0 radical (unpaired) electrons. The molecule has 2 rings (SSSR count). The molecule has 1 aromatic rings. The molecule has 23 heavy (non-hydrogen) atoms. The third-order valence-electron chi connectivity index (χ3n) is 3.38. The average molecular weight is 360 g/mol. The molecule has 1 atom stereocenters. The normalized spacial score (nSPS) is 18.0. The van der Waals surface area contributed by atoms with Crippen LogP contribution in [0.3, 0.4) is 0 Å². The summed E-state index contributed by atoms with van der Waals surface area (Å²) in [6, 6.07) is 0. The van der Waals surface area contributed by atoms with Crippen LogP contribution in [0.5, 0.6) is 0 Å². The van der Waals surface area contributed by atoms with Gasteiger partial charge in [0, 0.05) is 25.4 Å². The lowest BCUT2D eigenvalue weighted by atomic mass is 10.3. The fourth-order valence-corrected chi connectivity index (χ4v) is 4.20. The summed E-state index contributed by atoms with van der Waals surface area (Å²) in [4.78, 5) is 37.2. The van der Waals surface area contributed by atoms with Gasteiger partial charge in [0.15, 0.2) is 5.16 Å². The van der Waals surface area contributed by atoms with Crippen LogP contribution in [0, 0.1) is 0 Å². The number of ether oxygens (including phenoxy) is 1. The Kier molecular flexibility index (Phi) is 6.58. The molecular formula is C13H20N4O4S2. The van der Waals surface area contributed by atoms with Crippen molar-refractivity contribution in [2.24, 2.45) is 0 Å². The monoisotopic (exact) mass is 360 g/mol. The Bertz CT molecular complexity index is 615. The van der Waals surface area contributed by atoms with Crippen molar-refractivity contribution in [3.8, 4) is 0 Å². The lowest BCUT2D eigenvalue weighted by molar-refractivity contribution is -0.141. The zero-order valence-corrected chi connectivity index (χ0v) is 14.7. The zero-order chi connectivity index (χ0) is 16.8. The van der Waals surface area contributed by atoms with Gasteiger partial charge in [-0.1, -0.05) is 18.7 Å². The standard InChI is InChI=1S/C13H20N4O4S2/c1-3-4-17-12(20)14-15-13(17)23-8-10(18)16-5-6-22-9(7-16)11(19)21-2/h9H,3-8H2,1-2H3,(H,14,20)/t9-/m1/s1. The van der Waals surface area contributed by atoms with E-state index in [0.717, 1.165) is 6.42 Å². The number of nitrogens with zero attached hydrogens (tertiary/aromatic N) is 3. The Morgan fingerprint density at radius 1 is 1.52 bits per heavy atom. The molecule has 0 unspecified atom stereocenters. The molecule has 8 nitrogen and oxygen atoms in total. The van der Waals surface area contributed by atoms with Crippen LogP contribution in [0.15, 0.2) is 9.95 Å². The number of aromatic nitrogens is 3. The number of hydrogen-bond donors (Lipinski definition) is 1. The third kappa shape index (κ3) is 4.54. The van der Waals surface area contributed by atoms with Crippen molar-refractivity contribution in [1.82, 2.24) is 19.7 Å². The number of carbonyl (C=O) groups is 2. The molecule has 2 heterocycles. The number of hydrogen-bond acceptors (Lipinski definition) is 7. The number of aromatic amines is 1. The van der Waals surface area contributed by atoms with E-state index in [9.17, 15) is 14.4 Å². The highest BCUT2D eigenvalue weighted by atomic mass is 32.2. The van der Waals surface area contributed by atoms with Gasteiger partial charge in [-0.05, 0) is 6.42 Å². The Balaban J connectivity index is 1.92. The summed E-state index contributed by atoms with van der Waals surface area (Å²) >= 11 is 2.74. The van der Waals surface area contributed by atoms with E-state index in [1.807, 2.05) is 6.92 Å². The van der Waals surface area contributed by atoms with Gasteiger partial charge in [0.2, 0.25) is 5.91 Å². The maximum absolute atomic E-state index is 12.3. The van der Waals surface area contributed by atoms with Crippen LogP contribution < -0.4 is 5.69 Å². The SMILES string of the molecule is CCCn1c(SCC(=O)N2CCS[C@@H](C(=O)OC)C2)n[nH]c1=O. The van der Waals surface area contributed by atoms with Crippen LogP contribution in [0.4, 0.5) is 0 Å². The molecule has 1 N–H and O–H groups in total. The van der Waals surface area contributed by atoms with Crippen molar-refractivity contribution in [1.29, 1.82) is 0 Å². The lowest BCUT2D eigenvalue weighted by Gasteiger charge is -2.30. The Morgan fingerprint density at radius 3 is 3.00 bits per heavy atom. The van der Waals surface area contributed by atoms with Gasteiger partial charge < -0.3 is 9.64 Å². The minimum atomic E-state index is -0.327. The number of amides is 1. The van der Waals surface area contributed by atoms with Gasteiger partial charge in [0.05, 0.1) is 12.9 Å². The largest absolute Gasteiger partial charge is 0.468 e. The minimum Gasteiger partial charge on any atom is -0.468 e.